The second-order valence-corrected chi connectivity index (χ2v) is 6.09. The molecule has 0 fully saturated rings. The van der Waals surface area contributed by atoms with Gasteiger partial charge in [-0.2, -0.15) is 4.31 Å². The lowest BCUT2D eigenvalue weighted by Gasteiger charge is -2.17. The fourth-order valence-electron chi connectivity index (χ4n) is 1.66. The van der Waals surface area contributed by atoms with E-state index >= 15 is 0 Å². The van der Waals surface area contributed by atoms with E-state index in [1.54, 1.807) is 6.92 Å². The summed E-state index contributed by atoms with van der Waals surface area (Å²) < 4.78 is 30.9. The van der Waals surface area contributed by atoms with E-state index in [9.17, 15) is 18.5 Å². The maximum absolute atomic E-state index is 12.4. The van der Waals surface area contributed by atoms with E-state index in [1.807, 2.05) is 0 Å². The number of nitrogen functional groups attached to an aromatic ring is 1. The first-order valence-electron chi connectivity index (χ1n) is 6.14. The number of sulfonamides is 1. The number of nitrogens with one attached hydrogen (secondary N) is 1. The number of nitro benzene ring substituents is 1. The summed E-state index contributed by atoms with van der Waals surface area (Å²) in [5.41, 5.74) is 1.48. The molecule has 1 aromatic rings. The monoisotopic (exact) mass is 318 g/mol. The number of hydrogen-bond donors (Lipinski definition) is 2. The van der Waals surface area contributed by atoms with Gasteiger partial charge in [-0.25, -0.2) is 8.42 Å². The average molecular weight is 318 g/mol. The molecule has 0 bridgehead atoms. The van der Waals surface area contributed by atoms with Crippen molar-refractivity contribution in [1.29, 1.82) is 0 Å². The summed E-state index contributed by atoms with van der Waals surface area (Å²) in [5, 5.41) is 11.1. The zero-order valence-corrected chi connectivity index (χ0v) is 12.6. The van der Waals surface area contributed by atoms with Crippen molar-refractivity contribution >= 4 is 21.4 Å². The first-order valence-corrected chi connectivity index (χ1v) is 7.58. The summed E-state index contributed by atoms with van der Waals surface area (Å²) >= 11 is 0. The fourth-order valence-corrected chi connectivity index (χ4v) is 2.99. The molecule has 10 heteroatoms. The van der Waals surface area contributed by atoms with E-state index in [0.717, 1.165) is 4.31 Å². The first kappa shape index (κ1) is 17.3. The van der Waals surface area contributed by atoms with E-state index in [1.165, 1.54) is 25.2 Å². The summed E-state index contributed by atoms with van der Waals surface area (Å²) in [4.78, 5) is 9.94. The number of ether oxygens (including phenoxy) is 1. The molecule has 3 N–H and O–H groups in total. The van der Waals surface area contributed by atoms with Crippen LogP contribution in [0.5, 0.6) is 0 Å². The Hall–Kier alpha value is -1.75. The molecule has 0 amide bonds. The van der Waals surface area contributed by atoms with E-state index in [4.69, 9.17) is 10.6 Å². The second kappa shape index (κ2) is 7.31. The van der Waals surface area contributed by atoms with Crippen molar-refractivity contribution in [3.8, 4) is 0 Å². The Morgan fingerprint density at radius 3 is 2.67 bits per heavy atom. The number of likely N-dealkylation sites (N-methyl/N-ethyl adjacent to an activating group) is 1. The van der Waals surface area contributed by atoms with Gasteiger partial charge in [-0.1, -0.05) is 6.07 Å². The Morgan fingerprint density at radius 1 is 1.48 bits per heavy atom. The van der Waals surface area contributed by atoms with Crippen molar-refractivity contribution in [1.82, 2.24) is 4.31 Å². The van der Waals surface area contributed by atoms with Gasteiger partial charge in [0.05, 0.1) is 11.5 Å². The first-order chi connectivity index (χ1) is 9.86. The lowest BCUT2D eigenvalue weighted by molar-refractivity contribution is -0.386. The fraction of sp³-hybridized carbons (Fsp3) is 0.455. The Kier molecular flexibility index (Phi) is 6.03. The minimum atomic E-state index is -4.01. The summed E-state index contributed by atoms with van der Waals surface area (Å²) in [6.45, 7) is 2.54. The molecule has 0 saturated carbocycles. The molecule has 0 aliphatic carbocycles. The molecular formula is C11H18N4O5S. The van der Waals surface area contributed by atoms with Gasteiger partial charge in [-0.15, -0.1) is 0 Å². The van der Waals surface area contributed by atoms with Crippen LogP contribution in [0.25, 0.3) is 0 Å². The summed E-state index contributed by atoms with van der Waals surface area (Å²) in [6.07, 6.45) is 0. The lowest BCUT2D eigenvalue weighted by Crippen LogP contribution is -2.31. The molecule has 0 saturated heterocycles. The Bertz CT molecular complexity index is 605. The molecule has 1 aromatic carbocycles. The van der Waals surface area contributed by atoms with Crippen LogP contribution in [0.15, 0.2) is 23.1 Å². The average Bonchev–Trinajstić information content (AvgIpc) is 2.46. The van der Waals surface area contributed by atoms with Crippen LogP contribution in [-0.2, 0) is 14.8 Å². The van der Waals surface area contributed by atoms with Crippen molar-refractivity contribution in [2.75, 3.05) is 32.2 Å². The largest absolute Gasteiger partial charge is 0.380 e. The molecule has 21 heavy (non-hydrogen) atoms. The highest BCUT2D eigenvalue weighted by Gasteiger charge is 2.31. The van der Waals surface area contributed by atoms with Crippen molar-refractivity contribution in [3.63, 3.8) is 0 Å². The van der Waals surface area contributed by atoms with E-state index in [2.05, 4.69) is 5.43 Å². The van der Waals surface area contributed by atoms with Crippen LogP contribution in [0, 0.1) is 10.1 Å². The van der Waals surface area contributed by atoms with Gasteiger partial charge in [0.2, 0.25) is 10.0 Å². The summed E-state index contributed by atoms with van der Waals surface area (Å²) in [5.74, 6) is 5.19. The number of benzene rings is 1. The molecule has 0 aliphatic rings. The van der Waals surface area contributed by atoms with Crippen LogP contribution in [0.3, 0.4) is 0 Å². The third-order valence-corrected chi connectivity index (χ3v) is 4.67. The van der Waals surface area contributed by atoms with Crippen LogP contribution in [-0.4, -0.2) is 44.5 Å². The number of nitrogens with zero attached hydrogens (tertiary/aromatic N) is 2. The Labute approximate surface area is 122 Å². The molecule has 0 unspecified atom stereocenters. The second-order valence-electron chi connectivity index (χ2n) is 4.08. The summed E-state index contributed by atoms with van der Waals surface area (Å²) in [7, 11) is -2.68. The Balaban J connectivity index is 3.22. The highest BCUT2D eigenvalue weighted by atomic mass is 32.2. The number of nitro groups is 1. The van der Waals surface area contributed by atoms with E-state index in [-0.39, 0.29) is 18.8 Å². The number of para-hydroxylation sites is 1. The molecule has 0 aromatic heterocycles. The minimum absolute atomic E-state index is 0.0701. The van der Waals surface area contributed by atoms with Gasteiger partial charge in [-0.3, -0.25) is 16.0 Å². The normalized spacial score (nSPS) is 11.6. The lowest BCUT2D eigenvalue weighted by atomic mass is 10.3. The third-order valence-electron chi connectivity index (χ3n) is 2.78. The van der Waals surface area contributed by atoms with Crippen LogP contribution in [0.1, 0.15) is 6.92 Å². The molecule has 0 atom stereocenters. The Morgan fingerprint density at radius 2 is 2.14 bits per heavy atom. The van der Waals surface area contributed by atoms with Gasteiger partial charge in [-0.05, 0) is 19.1 Å². The van der Waals surface area contributed by atoms with Crippen molar-refractivity contribution in [3.05, 3.63) is 28.3 Å². The molecular weight excluding hydrogens is 300 g/mol. The molecule has 0 radical (unpaired) electrons. The molecule has 118 valence electrons. The topological polar surface area (TPSA) is 128 Å². The number of hydrogen-bond acceptors (Lipinski definition) is 7. The molecule has 1 rings (SSSR count). The molecule has 0 aliphatic heterocycles. The van der Waals surface area contributed by atoms with Gasteiger partial charge in [0.1, 0.15) is 5.69 Å². The third kappa shape index (κ3) is 3.88. The quantitative estimate of drug-likeness (QED) is 0.310. The maximum Gasteiger partial charge on any atom is 0.313 e. The number of anilines is 1. The van der Waals surface area contributed by atoms with Crippen molar-refractivity contribution in [2.45, 2.75) is 11.8 Å². The predicted octanol–water partition coefficient (Wildman–Crippen LogP) is 0.537. The molecule has 0 heterocycles. The van der Waals surface area contributed by atoms with Gasteiger partial charge < -0.3 is 10.2 Å². The van der Waals surface area contributed by atoms with Gasteiger partial charge in [0, 0.05) is 20.2 Å². The van der Waals surface area contributed by atoms with Gasteiger partial charge in [0.15, 0.2) is 4.90 Å². The zero-order valence-electron chi connectivity index (χ0n) is 11.8. The smallest absolute Gasteiger partial charge is 0.313 e. The standard InChI is InChI=1S/C11H18N4O5S/c1-3-20-8-7-14(2)21(18,19)10-6-4-5-9(13-12)11(10)15(16)17/h4-6,13H,3,7-8,12H2,1-2H3. The highest BCUT2D eigenvalue weighted by Crippen LogP contribution is 2.32. The van der Waals surface area contributed by atoms with Crippen LogP contribution < -0.4 is 11.3 Å². The maximum atomic E-state index is 12.4. The minimum Gasteiger partial charge on any atom is -0.380 e. The van der Waals surface area contributed by atoms with Crippen molar-refractivity contribution in [2.24, 2.45) is 5.84 Å². The number of hydrazine groups is 1. The van der Waals surface area contributed by atoms with Gasteiger partial charge in [0.25, 0.3) is 0 Å². The van der Waals surface area contributed by atoms with Gasteiger partial charge >= 0.3 is 5.69 Å². The van der Waals surface area contributed by atoms with E-state index in [0.29, 0.717) is 6.61 Å². The van der Waals surface area contributed by atoms with Crippen LogP contribution >= 0.6 is 0 Å². The van der Waals surface area contributed by atoms with Crippen LogP contribution in [0.4, 0.5) is 11.4 Å². The zero-order chi connectivity index (χ0) is 16.0. The number of rotatable bonds is 8. The van der Waals surface area contributed by atoms with E-state index < -0.39 is 25.5 Å². The summed E-state index contributed by atoms with van der Waals surface area (Å²) in [6, 6.07) is 3.88. The molecule has 9 nitrogen and oxygen atoms in total. The predicted molar refractivity (Wildman–Crippen MR) is 77.2 cm³/mol. The number of nitrogens with two attached hydrogens (primary N) is 1. The molecule has 0 spiro atoms. The van der Waals surface area contributed by atoms with Crippen LogP contribution in [0.2, 0.25) is 0 Å². The SMILES string of the molecule is CCOCCN(C)S(=O)(=O)c1cccc(NN)c1[N+](=O)[O-]. The van der Waals surface area contributed by atoms with Crippen molar-refractivity contribution < 1.29 is 18.1 Å². The highest BCUT2D eigenvalue weighted by molar-refractivity contribution is 7.89.